The van der Waals surface area contributed by atoms with Crippen molar-refractivity contribution in [2.24, 2.45) is 0 Å². The van der Waals surface area contributed by atoms with E-state index in [1.54, 1.807) is 0 Å². The van der Waals surface area contributed by atoms with Crippen LogP contribution in [0.3, 0.4) is 0 Å². The topological polar surface area (TPSA) is 54.2 Å². The highest BCUT2D eigenvalue weighted by Crippen LogP contribution is 2.19. The fourth-order valence-corrected chi connectivity index (χ4v) is 1.50. The molecule has 0 spiro atoms. The Labute approximate surface area is 91.5 Å². The Morgan fingerprint density at radius 3 is 2.87 bits per heavy atom. The molecular weight excluding hydrogens is 188 g/mol. The first-order valence-corrected chi connectivity index (χ1v) is 5.23. The fourth-order valence-electron chi connectivity index (χ4n) is 1.50. The minimum Gasteiger partial charge on any atom is -0.396 e. The second-order valence-electron chi connectivity index (χ2n) is 3.80. The molecule has 0 aliphatic rings. The van der Waals surface area contributed by atoms with E-state index < -0.39 is 0 Å². The quantitative estimate of drug-likeness (QED) is 0.709. The van der Waals surface area contributed by atoms with Gasteiger partial charge < -0.3 is 16.0 Å². The number of nitrogens with zero attached hydrogens (tertiary/aromatic N) is 2. The zero-order chi connectivity index (χ0) is 11.3. The van der Waals surface area contributed by atoms with Gasteiger partial charge in [-0.05, 0) is 38.6 Å². The van der Waals surface area contributed by atoms with Crippen LogP contribution in [0.4, 0.5) is 11.5 Å². The number of aryl methyl sites for hydroxylation is 1. The van der Waals surface area contributed by atoms with Crippen molar-refractivity contribution in [3.63, 3.8) is 0 Å². The van der Waals surface area contributed by atoms with E-state index >= 15 is 0 Å². The number of aromatic nitrogens is 1. The van der Waals surface area contributed by atoms with Gasteiger partial charge in [0.05, 0.1) is 5.69 Å². The molecule has 0 saturated carbocycles. The van der Waals surface area contributed by atoms with Crippen LogP contribution in [0, 0.1) is 6.92 Å². The van der Waals surface area contributed by atoms with Crippen molar-refractivity contribution in [1.82, 2.24) is 10.3 Å². The third kappa shape index (κ3) is 3.40. The van der Waals surface area contributed by atoms with Crippen molar-refractivity contribution < 1.29 is 0 Å². The van der Waals surface area contributed by atoms with Crippen LogP contribution in [0.1, 0.15) is 12.0 Å². The van der Waals surface area contributed by atoms with Gasteiger partial charge in [0.15, 0.2) is 5.82 Å². The van der Waals surface area contributed by atoms with Gasteiger partial charge in [-0.1, -0.05) is 0 Å². The van der Waals surface area contributed by atoms with Gasteiger partial charge in [-0.25, -0.2) is 4.98 Å². The number of hydrogen-bond donors (Lipinski definition) is 2. The molecular formula is C11H20N4. The summed E-state index contributed by atoms with van der Waals surface area (Å²) in [5.41, 5.74) is 7.76. The minimum absolute atomic E-state index is 0.752. The summed E-state index contributed by atoms with van der Waals surface area (Å²) in [6.07, 6.45) is 2.93. The predicted octanol–water partition coefficient (Wildman–Crippen LogP) is 1.02. The first kappa shape index (κ1) is 11.8. The number of anilines is 2. The van der Waals surface area contributed by atoms with Crippen LogP contribution < -0.4 is 16.0 Å². The molecule has 0 atom stereocenters. The van der Waals surface area contributed by atoms with Gasteiger partial charge in [0.2, 0.25) is 0 Å². The molecule has 0 aromatic carbocycles. The molecule has 1 aromatic heterocycles. The number of hydrogen-bond acceptors (Lipinski definition) is 4. The minimum atomic E-state index is 0.752. The number of nitrogens with two attached hydrogens (primary N) is 1. The molecule has 3 N–H and O–H groups in total. The average Bonchev–Trinajstić information content (AvgIpc) is 2.17. The molecule has 0 radical (unpaired) electrons. The van der Waals surface area contributed by atoms with Crippen LogP contribution in [0.25, 0.3) is 0 Å². The smallest absolute Gasteiger partial charge is 0.151 e. The second kappa shape index (κ2) is 5.56. The molecule has 1 heterocycles. The normalized spacial score (nSPS) is 10.3. The summed E-state index contributed by atoms with van der Waals surface area (Å²) in [7, 11) is 3.97. The highest BCUT2D eigenvalue weighted by molar-refractivity contribution is 5.62. The van der Waals surface area contributed by atoms with Crippen molar-refractivity contribution in [2.45, 2.75) is 13.3 Å². The van der Waals surface area contributed by atoms with Gasteiger partial charge in [-0.2, -0.15) is 0 Å². The van der Waals surface area contributed by atoms with Crippen LogP contribution in [-0.2, 0) is 0 Å². The molecule has 4 heteroatoms. The first-order valence-electron chi connectivity index (χ1n) is 5.23. The Kier molecular flexibility index (Phi) is 4.37. The highest BCUT2D eigenvalue weighted by Gasteiger charge is 2.06. The predicted molar refractivity (Wildman–Crippen MR) is 65.2 cm³/mol. The molecule has 15 heavy (non-hydrogen) atoms. The van der Waals surface area contributed by atoms with Gasteiger partial charge in [0, 0.05) is 19.8 Å². The molecule has 4 nitrogen and oxygen atoms in total. The van der Waals surface area contributed by atoms with E-state index in [9.17, 15) is 0 Å². The van der Waals surface area contributed by atoms with Crippen LogP contribution in [0.15, 0.2) is 12.3 Å². The Balaban J connectivity index is 2.61. The molecule has 1 aromatic rings. The molecule has 0 fully saturated rings. The number of nitrogen functional groups attached to an aromatic ring is 1. The van der Waals surface area contributed by atoms with Crippen molar-refractivity contribution in [2.75, 3.05) is 37.8 Å². The van der Waals surface area contributed by atoms with Gasteiger partial charge >= 0.3 is 0 Å². The number of nitrogens with one attached hydrogen (secondary N) is 1. The number of pyridine rings is 1. The summed E-state index contributed by atoms with van der Waals surface area (Å²) < 4.78 is 0. The van der Waals surface area contributed by atoms with Crippen molar-refractivity contribution in [1.29, 1.82) is 0 Å². The zero-order valence-corrected chi connectivity index (χ0v) is 9.75. The lowest BCUT2D eigenvalue weighted by Crippen LogP contribution is -2.24. The second-order valence-corrected chi connectivity index (χ2v) is 3.80. The summed E-state index contributed by atoms with van der Waals surface area (Å²) in [5.74, 6) is 0.872. The summed E-state index contributed by atoms with van der Waals surface area (Å²) >= 11 is 0. The first-order chi connectivity index (χ1) is 7.15. The zero-order valence-electron chi connectivity index (χ0n) is 9.75. The molecule has 1 rings (SSSR count). The maximum Gasteiger partial charge on any atom is 0.151 e. The van der Waals surface area contributed by atoms with Crippen LogP contribution in [0.5, 0.6) is 0 Å². The summed E-state index contributed by atoms with van der Waals surface area (Å²) in [4.78, 5) is 6.43. The van der Waals surface area contributed by atoms with E-state index in [0.29, 0.717) is 0 Å². The van der Waals surface area contributed by atoms with E-state index in [4.69, 9.17) is 5.73 Å². The van der Waals surface area contributed by atoms with Crippen molar-refractivity contribution >= 4 is 11.5 Å². The van der Waals surface area contributed by atoms with Gasteiger partial charge in [0.1, 0.15) is 0 Å². The lowest BCUT2D eigenvalue weighted by Gasteiger charge is -2.19. The summed E-state index contributed by atoms with van der Waals surface area (Å²) in [6, 6.07) is 1.96. The van der Waals surface area contributed by atoms with E-state index in [0.717, 1.165) is 36.6 Å². The lowest BCUT2D eigenvalue weighted by atomic mass is 10.2. The van der Waals surface area contributed by atoms with Crippen LogP contribution in [-0.4, -0.2) is 32.2 Å². The maximum absolute atomic E-state index is 5.91. The van der Waals surface area contributed by atoms with Crippen molar-refractivity contribution in [3.8, 4) is 0 Å². The molecule has 84 valence electrons. The standard InChI is InChI=1S/C11H20N4/c1-9-7-10(12)11(14-8-9)15(3)6-4-5-13-2/h7-8,13H,4-6,12H2,1-3H3. The monoisotopic (exact) mass is 208 g/mol. The maximum atomic E-state index is 5.91. The molecule has 0 aliphatic heterocycles. The molecule has 0 aliphatic carbocycles. The SMILES string of the molecule is CNCCCN(C)c1ncc(C)cc1N. The Morgan fingerprint density at radius 1 is 1.53 bits per heavy atom. The highest BCUT2D eigenvalue weighted by atomic mass is 15.2. The molecule has 0 saturated heterocycles. The van der Waals surface area contributed by atoms with Crippen LogP contribution >= 0.6 is 0 Å². The Morgan fingerprint density at radius 2 is 2.27 bits per heavy atom. The average molecular weight is 208 g/mol. The third-order valence-corrected chi connectivity index (χ3v) is 2.31. The molecule has 0 unspecified atom stereocenters. The van der Waals surface area contributed by atoms with Gasteiger partial charge in [-0.3, -0.25) is 0 Å². The number of rotatable bonds is 5. The van der Waals surface area contributed by atoms with E-state index in [1.807, 2.05) is 33.3 Å². The Bertz CT molecular complexity index is 311. The molecule has 0 amide bonds. The lowest BCUT2D eigenvalue weighted by molar-refractivity contribution is 0.709. The summed E-state index contributed by atoms with van der Waals surface area (Å²) in [5, 5.41) is 3.12. The Hall–Kier alpha value is -1.29. The van der Waals surface area contributed by atoms with Gasteiger partial charge in [-0.15, -0.1) is 0 Å². The van der Waals surface area contributed by atoms with Crippen LogP contribution in [0.2, 0.25) is 0 Å². The van der Waals surface area contributed by atoms with E-state index in [-0.39, 0.29) is 0 Å². The van der Waals surface area contributed by atoms with E-state index in [1.165, 1.54) is 0 Å². The van der Waals surface area contributed by atoms with Crippen molar-refractivity contribution in [3.05, 3.63) is 17.8 Å². The van der Waals surface area contributed by atoms with E-state index in [2.05, 4.69) is 15.2 Å². The fraction of sp³-hybridized carbons (Fsp3) is 0.545. The third-order valence-electron chi connectivity index (χ3n) is 2.31. The molecule has 0 bridgehead atoms. The van der Waals surface area contributed by atoms with Gasteiger partial charge in [0.25, 0.3) is 0 Å². The summed E-state index contributed by atoms with van der Waals surface area (Å²) in [6.45, 7) is 3.96. The largest absolute Gasteiger partial charge is 0.396 e.